The number of nitrogens with one attached hydrogen (secondary N) is 2. The van der Waals surface area contributed by atoms with E-state index in [-0.39, 0.29) is 5.91 Å². The van der Waals surface area contributed by atoms with Crippen LogP contribution in [0.5, 0.6) is 0 Å². The van der Waals surface area contributed by atoms with Gasteiger partial charge in [-0.1, -0.05) is 49.7 Å². The predicted molar refractivity (Wildman–Crippen MR) is 118 cm³/mol. The third kappa shape index (κ3) is 6.69. The zero-order valence-corrected chi connectivity index (χ0v) is 17.1. The Labute approximate surface area is 173 Å². The third-order valence-electron chi connectivity index (χ3n) is 4.85. The van der Waals surface area contributed by atoms with Crippen LogP contribution in [0.1, 0.15) is 29.3 Å². The number of guanidine groups is 1. The number of rotatable bonds is 7. The molecular weight excluding hydrogens is 364 g/mol. The number of nitrogens with zero attached hydrogens (tertiary/aromatic N) is 2. The minimum atomic E-state index is -0.170. The molecule has 0 radical (unpaired) electrons. The largest absolute Gasteiger partial charge is 0.379 e. The Morgan fingerprint density at radius 3 is 2.55 bits per heavy atom. The van der Waals surface area contributed by atoms with E-state index in [2.05, 4.69) is 33.5 Å². The number of benzene rings is 2. The van der Waals surface area contributed by atoms with Crippen LogP contribution in [0.3, 0.4) is 0 Å². The number of aliphatic imine (C=N–C) groups is 1. The molecule has 0 atom stereocenters. The first-order chi connectivity index (χ1) is 14.3. The molecule has 2 N–H and O–H groups in total. The average molecular weight is 395 g/mol. The van der Waals surface area contributed by atoms with E-state index in [0.717, 1.165) is 51.4 Å². The van der Waals surface area contributed by atoms with E-state index in [4.69, 9.17) is 4.74 Å². The summed E-state index contributed by atoms with van der Waals surface area (Å²) in [4.78, 5) is 19.7. The summed E-state index contributed by atoms with van der Waals surface area (Å²) in [7, 11) is 0. The molecule has 3 rings (SSSR count). The van der Waals surface area contributed by atoms with Gasteiger partial charge in [0, 0.05) is 30.9 Å². The quantitative estimate of drug-likeness (QED) is 0.559. The van der Waals surface area contributed by atoms with Crippen molar-refractivity contribution in [3.63, 3.8) is 0 Å². The van der Waals surface area contributed by atoms with Gasteiger partial charge in [-0.3, -0.25) is 20.0 Å². The Balaban J connectivity index is 1.71. The average Bonchev–Trinajstić information content (AvgIpc) is 2.76. The maximum atomic E-state index is 12.7. The van der Waals surface area contributed by atoms with Crippen molar-refractivity contribution in [2.24, 2.45) is 4.99 Å². The highest BCUT2D eigenvalue weighted by Crippen LogP contribution is 2.16. The van der Waals surface area contributed by atoms with Gasteiger partial charge in [-0.05, 0) is 30.2 Å². The zero-order chi connectivity index (χ0) is 20.3. The molecule has 6 nitrogen and oxygen atoms in total. The summed E-state index contributed by atoms with van der Waals surface area (Å²) in [6, 6.07) is 17.4. The van der Waals surface area contributed by atoms with Gasteiger partial charge in [0.15, 0.2) is 0 Å². The number of amides is 1. The van der Waals surface area contributed by atoms with Crippen LogP contribution < -0.4 is 10.6 Å². The smallest absolute Gasteiger partial charge is 0.257 e. The Morgan fingerprint density at radius 1 is 1.07 bits per heavy atom. The van der Waals surface area contributed by atoms with Crippen molar-refractivity contribution in [3.05, 3.63) is 65.7 Å². The van der Waals surface area contributed by atoms with Crippen molar-refractivity contribution < 1.29 is 9.53 Å². The van der Waals surface area contributed by atoms with Gasteiger partial charge in [-0.25, -0.2) is 0 Å². The normalized spacial score (nSPS) is 15.1. The number of ether oxygens (including phenoxy) is 1. The maximum absolute atomic E-state index is 12.7. The Bertz CT molecular complexity index is 802. The molecule has 0 spiro atoms. The van der Waals surface area contributed by atoms with E-state index in [1.54, 1.807) is 12.1 Å². The molecule has 0 bridgehead atoms. The minimum absolute atomic E-state index is 0.170. The molecule has 1 amide bonds. The van der Waals surface area contributed by atoms with E-state index in [1.165, 1.54) is 5.56 Å². The molecule has 154 valence electrons. The van der Waals surface area contributed by atoms with Crippen LogP contribution in [0.15, 0.2) is 59.6 Å². The molecule has 0 unspecified atom stereocenters. The van der Waals surface area contributed by atoms with Gasteiger partial charge in [0.05, 0.1) is 19.8 Å². The lowest BCUT2D eigenvalue weighted by Crippen LogP contribution is -2.39. The fourth-order valence-electron chi connectivity index (χ4n) is 3.26. The zero-order valence-electron chi connectivity index (χ0n) is 17.1. The van der Waals surface area contributed by atoms with Crippen LogP contribution in [0.25, 0.3) is 0 Å². The molecule has 29 heavy (non-hydrogen) atoms. The molecule has 1 aliphatic heterocycles. The monoisotopic (exact) mass is 394 g/mol. The van der Waals surface area contributed by atoms with Gasteiger partial charge in [0.1, 0.15) is 0 Å². The maximum Gasteiger partial charge on any atom is 0.257 e. The Morgan fingerprint density at radius 2 is 1.79 bits per heavy atom. The molecule has 1 fully saturated rings. The summed E-state index contributed by atoms with van der Waals surface area (Å²) in [5.41, 5.74) is 2.80. The fourth-order valence-corrected chi connectivity index (χ4v) is 3.26. The summed E-state index contributed by atoms with van der Waals surface area (Å²) in [6.45, 7) is 6.99. The summed E-state index contributed by atoms with van der Waals surface area (Å²) in [6.07, 6.45) is 2.02. The number of aryl methyl sites for hydroxylation is 1. The second kappa shape index (κ2) is 11.3. The van der Waals surface area contributed by atoms with E-state index in [1.807, 2.05) is 36.4 Å². The molecule has 1 saturated heterocycles. The van der Waals surface area contributed by atoms with E-state index in [9.17, 15) is 4.79 Å². The van der Waals surface area contributed by atoms with Crippen LogP contribution in [0, 0.1) is 0 Å². The lowest BCUT2D eigenvalue weighted by Gasteiger charge is -2.25. The number of carbonyl (C=O) groups is 1. The summed E-state index contributed by atoms with van der Waals surface area (Å²) in [5.74, 6) is 0.312. The highest BCUT2D eigenvalue weighted by molar-refractivity contribution is 6.10. The first-order valence-corrected chi connectivity index (χ1v) is 10.3. The number of carbonyl (C=O) groups excluding carboxylic acids is 1. The van der Waals surface area contributed by atoms with Crippen molar-refractivity contribution in [2.75, 3.05) is 44.7 Å². The van der Waals surface area contributed by atoms with Gasteiger partial charge >= 0.3 is 0 Å². The molecular formula is C23H30N4O2. The van der Waals surface area contributed by atoms with Gasteiger partial charge in [0.25, 0.3) is 5.91 Å². The second-order valence-electron chi connectivity index (χ2n) is 7.04. The number of para-hydroxylation sites is 1. The summed E-state index contributed by atoms with van der Waals surface area (Å²) >= 11 is 0. The summed E-state index contributed by atoms with van der Waals surface area (Å²) in [5, 5.41) is 6.29. The van der Waals surface area contributed by atoms with Gasteiger partial charge in [0.2, 0.25) is 5.96 Å². The highest BCUT2D eigenvalue weighted by Gasteiger charge is 2.12. The van der Waals surface area contributed by atoms with Gasteiger partial charge < -0.3 is 10.1 Å². The molecule has 2 aromatic rings. The van der Waals surface area contributed by atoms with Crippen LogP contribution in [-0.2, 0) is 11.2 Å². The molecule has 2 aromatic carbocycles. The lowest BCUT2D eigenvalue weighted by molar-refractivity contribution is 0.0394. The van der Waals surface area contributed by atoms with E-state index in [0.29, 0.717) is 18.1 Å². The third-order valence-corrected chi connectivity index (χ3v) is 4.85. The van der Waals surface area contributed by atoms with E-state index >= 15 is 0 Å². The standard InChI is InChI=1S/C23H30N4O2/c1-2-8-19-9-6-7-12-21(19)25-23(24-13-14-27-15-17-29-18-16-27)26-22(28)20-10-4-3-5-11-20/h3-7,9-12H,2,8,13-18H2,1H3,(H2,24,25,26,28). The van der Waals surface area contributed by atoms with Crippen molar-refractivity contribution in [1.82, 2.24) is 10.2 Å². The van der Waals surface area contributed by atoms with Crippen molar-refractivity contribution in [2.45, 2.75) is 19.8 Å². The molecule has 1 heterocycles. The number of anilines is 1. The van der Waals surface area contributed by atoms with Crippen molar-refractivity contribution in [3.8, 4) is 0 Å². The number of morpholine rings is 1. The highest BCUT2D eigenvalue weighted by atomic mass is 16.5. The SMILES string of the molecule is CCCc1ccccc1NC(=NCCN1CCOCC1)NC(=O)c1ccccc1. The molecule has 0 aliphatic carbocycles. The fraction of sp³-hybridized carbons (Fsp3) is 0.391. The summed E-state index contributed by atoms with van der Waals surface area (Å²) < 4.78 is 5.40. The van der Waals surface area contributed by atoms with Crippen LogP contribution in [0.2, 0.25) is 0 Å². The number of hydrogen-bond donors (Lipinski definition) is 2. The van der Waals surface area contributed by atoms with Gasteiger partial charge in [-0.15, -0.1) is 0 Å². The van der Waals surface area contributed by atoms with Crippen LogP contribution in [0.4, 0.5) is 5.69 Å². The molecule has 1 aliphatic rings. The predicted octanol–water partition coefficient (Wildman–Crippen LogP) is 3.17. The topological polar surface area (TPSA) is 66.0 Å². The molecule has 6 heteroatoms. The lowest BCUT2D eigenvalue weighted by atomic mass is 10.1. The van der Waals surface area contributed by atoms with Crippen molar-refractivity contribution in [1.29, 1.82) is 0 Å². The molecule has 0 aromatic heterocycles. The second-order valence-corrected chi connectivity index (χ2v) is 7.04. The Kier molecular flexibility index (Phi) is 8.22. The van der Waals surface area contributed by atoms with E-state index < -0.39 is 0 Å². The minimum Gasteiger partial charge on any atom is -0.379 e. The van der Waals surface area contributed by atoms with Crippen LogP contribution >= 0.6 is 0 Å². The first kappa shape index (κ1) is 21.0. The number of hydrogen-bond acceptors (Lipinski definition) is 4. The van der Waals surface area contributed by atoms with Gasteiger partial charge in [-0.2, -0.15) is 0 Å². The molecule has 0 saturated carbocycles. The van der Waals surface area contributed by atoms with Crippen molar-refractivity contribution >= 4 is 17.6 Å². The first-order valence-electron chi connectivity index (χ1n) is 10.3. The Hall–Kier alpha value is -2.70. The van der Waals surface area contributed by atoms with Crippen LogP contribution in [-0.4, -0.2) is 56.2 Å².